The van der Waals surface area contributed by atoms with Gasteiger partial charge in [-0.3, -0.25) is 4.68 Å². The molecule has 0 aliphatic heterocycles. The van der Waals surface area contributed by atoms with Gasteiger partial charge in [0.2, 0.25) is 0 Å². The molecule has 3 nitrogen and oxygen atoms in total. The number of nitrogens with zero attached hydrogens (tertiary/aromatic N) is 2. The summed E-state index contributed by atoms with van der Waals surface area (Å²) < 4.78 is 1.84. The highest BCUT2D eigenvalue weighted by Crippen LogP contribution is 2.12. The standard InChI is InChI=1S/C8H15N3.2ClH/c1-6(2)8-4-7(5-9)11(3)10-8;;/h4,6H,5,9H2,1-3H3;2*1H. The van der Waals surface area contributed by atoms with Gasteiger partial charge in [-0.2, -0.15) is 5.10 Å². The van der Waals surface area contributed by atoms with E-state index >= 15 is 0 Å². The molecule has 0 aromatic carbocycles. The number of hydrogen-bond acceptors (Lipinski definition) is 2. The van der Waals surface area contributed by atoms with Crippen LogP contribution >= 0.6 is 24.8 Å². The number of hydrogen-bond donors (Lipinski definition) is 1. The van der Waals surface area contributed by atoms with Crippen molar-refractivity contribution in [3.63, 3.8) is 0 Å². The number of rotatable bonds is 2. The zero-order valence-electron chi connectivity index (χ0n) is 8.15. The van der Waals surface area contributed by atoms with Gasteiger partial charge < -0.3 is 5.73 Å². The van der Waals surface area contributed by atoms with Gasteiger partial charge in [0.25, 0.3) is 0 Å². The second-order valence-electron chi connectivity index (χ2n) is 3.04. The van der Waals surface area contributed by atoms with Crippen molar-refractivity contribution in [1.29, 1.82) is 0 Å². The lowest BCUT2D eigenvalue weighted by Gasteiger charge is -1.95. The Hall–Kier alpha value is -0.250. The maximum Gasteiger partial charge on any atom is 0.0653 e. The van der Waals surface area contributed by atoms with Gasteiger partial charge in [-0.1, -0.05) is 13.8 Å². The fourth-order valence-electron chi connectivity index (χ4n) is 1.00. The maximum atomic E-state index is 5.50. The molecular weight excluding hydrogens is 209 g/mol. The first-order valence-electron chi connectivity index (χ1n) is 3.88. The Labute approximate surface area is 91.5 Å². The number of halogens is 2. The molecule has 1 aromatic heterocycles. The van der Waals surface area contributed by atoms with Crippen molar-refractivity contribution in [2.75, 3.05) is 0 Å². The maximum absolute atomic E-state index is 5.50. The van der Waals surface area contributed by atoms with Crippen LogP contribution in [0.25, 0.3) is 0 Å². The van der Waals surface area contributed by atoms with Crippen LogP contribution in [0.2, 0.25) is 0 Å². The number of nitrogens with two attached hydrogens (primary N) is 1. The van der Waals surface area contributed by atoms with E-state index in [-0.39, 0.29) is 24.8 Å². The predicted octanol–water partition coefficient (Wildman–Crippen LogP) is 1.85. The zero-order chi connectivity index (χ0) is 8.43. The SMILES string of the molecule is CC(C)c1cc(CN)n(C)n1.Cl.Cl. The molecule has 1 heterocycles. The minimum atomic E-state index is 0. The summed E-state index contributed by atoms with van der Waals surface area (Å²) in [5, 5.41) is 4.32. The van der Waals surface area contributed by atoms with Gasteiger partial charge in [-0.25, -0.2) is 0 Å². The van der Waals surface area contributed by atoms with Crippen molar-refractivity contribution in [2.24, 2.45) is 12.8 Å². The Kier molecular flexibility index (Phi) is 7.31. The van der Waals surface area contributed by atoms with Crippen LogP contribution in [0.15, 0.2) is 6.07 Å². The monoisotopic (exact) mass is 225 g/mol. The summed E-state index contributed by atoms with van der Waals surface area (Å²) in [5.74, 6) is 0.487. The van der Waals surface area contributed by atoms with Crippen molar-refractivity contribution in [3.05, 3.63) is 17.5 Å². The molecule has 0 amide bonds. The van der Waals surface area contributed by atoms with Gasteiger partial charge >= 0.3 is 0 Å². The highest BCUT2D eigenvalue weighted by atomic mass is 35.5. The van der Waals surface area contributed by atoms with Crippen molar-refractivity contribution < 1.29 is 0 Å². The molecule has 0 unspecified atom stereocenters. The van der Waals surface area contributed by atoms with Gasteiger partial charge in [0, 0.05) is 13.6 Å². The van der Waals surface area contributed by atoms with Crippen LogP contribution in [0.5, 0.6) is 0 Å². The van der Waals surface area contributed by atoms with Gasteiger partial charge in [0.1, 0.15) is 0 Å². The smallest absolute Gasteiger partial charge is 0.0653 e. The molecule has 0 aliphatic rings. The molecule has 0 spiro atoms. The topological polar surface area (TPSA) is 43.8 Å². The van der Waals surface area contributed by atoms with Crippen LogP contribution in [0.4, 0.5) is 0 Å². The second kappa shape index (κ2) is 6.24. The Morgan fingerprint density at radius 3 is 2.23 bits per heavy atom. The highest BCUT2D eigenvalue weighted by molar-refractivity contribution is 5.85. The van der Waals surface area contributed by atoms with E-state index in [2.05, 4.69) is 25.0 Å². The zero-order valence-corrected chi connectivity index (χ0v) is 9.78. The molecule has 1 rings (SSSR count). The summed E-state index contributed by atoms with van der Waals surface area (Å²) in [6.45, 7) is 4.82. The molecule has 78 valence electrons. The van der Waals surface area contributed by atoms with E-state index in [4.69, 9.17) is 5.73 Å². The average Bonchev–Trinajstić information content (AvgIpc) is 2.31. The quantitative estimate of drug-likeness (QED) is 0.836. The normalized spacial score (nSPS) is 9.31. The minimum Gasteiger partial charge on any atom is -0.325 e. The first-order valence-corrected chi connectivity index (χ1v) is 3.88. The summed E-state index contributed by atoms with van der Waals surface area (Å²) in [6, 6.07) is 2.06. The van der Waals surface area contributed by atoms with E-state index in [0.29, 0.717) is 12.5 Å². The molecule has 2 N–H and O–H groups in total. The van der Waals surface area contributed by atoms with E-state index in [1.165, 1.54) is 0 Å². The lowest BCUT2D eigenvalue weighted by molar-refractivity contribution is 0.682. The van der Waals surface area contributed by atoms with Crippen LogP contribution in [0, 0.1) is 0 Å². The molecule has 0 saturated carbocycles. The summed E-state index contributed by atoms with van der Waals surface area (Å²) in [5.41, 5.74) is 7.71. The van der Waals surface area contributed by atoms with E-state index in [9.17, 15) is 0 Å². The van der Waals surface area contributed by atoms with Crippen LogP contribution in [0.1, 0.15) is 31.2 Å². The van der Waals surface area contributed by atoms with Crippen LogP contribution in [-0.2, 0) is 13.6 Å². The third kappa shape index (κ3) is 3.55. The Balaban J connectivity index is 0. The summed E-state index contributed by atoms with van der Waals surface area (Å²) in [7, 11) is 1.92. The molecule has 0 fully saturated rings. The van der Waals surface area contributed by atoms with Crippen LogP contribution in [0.3, 0.4) is 0 Å². The van der Waals surface area contributed by atoms with Gasteiger partial charge in [-0.05, 0) is 12.0 Å². The summed E-state index contributed by atoms with van der Waals surface area (Å²) >= 11 is 0. The molecule has 0 radical (unpaired) electrons. The molecular formula is C8H17Cl2N3. The molecule has 13 heavy (non-hydrogen) atoms. The lowest BCUT2D eigenvalue weighted by Crippen LogP contribution is -2.03. The molecule has 1 aromatic rings. The fourth-order valence-corrected chi connectivity index (χ4v) is 1.00. The second-order valence-corrected chi connectivity index (χ2v) is 3.04. The highest BCUT2D eigenvalue weighted by Gasteiger charge is 2.05. The summed E-state index contributed by atoms with van der Waals surface area (Å²) in [4.78, 5) is 0. The van der Waals surface area contributed by atoms with Crippen LogP contribution < -0.4 is 5.73 Å². The third-order valence-corrected chi connectivity index (χ3v) is 1.80. The molecule has 0 bridgehead atoms. The van der Waals surface area contributed by atoms with Crippen molar-refractivity contribution in [1.82, 2.24) is 9.78 Å². The van der Waals surface area contributed by atoms with Gasteiger partial charge in [-0.15, -0.1) is 24.8 Å². The van der Waals surface area contributed by atoms with E-state index in [1.54, 1.807) is 0 Å². The molecule has 0 atom stereocenters. The first kappa shape index (κ1) is 15.2. The van der Waals surface area contributed by atoms with Crippen molar-refractivity contribution >= 4 is 24.8 Å². The van der Waals surface area contributed by atoms with E-state index < -0.39 is 0 Å². The third-order valence-electron chi connectivity index (χ3n) is 1.80. The number of aryl methyl sites for hydroxylation is 1. The molecule has 5 heteroatoms. The summed E-state index contributed by atoms with van der Waals surface area (Å²) in [6.07, 6.45) is 0. The van der Waals surface area contributed by atoms with Crippen molar-refractivity contribution in [3.8, 4) is 0 Å². The Bertz CT molecular complexity index is 246. The Morgan fingerprint density at radius 1 is 1.46 bits per heavy atom. The first-order chi connectivity index (χ1) is 5.15. The minimum absolute atomic E-state index is 0. The van der Waals surface area contributed by atoms with Gasteiger partial charge in [0.05, 0.1) is 11.4 Å². The number of aromatic nitrogens is 2. The Morgan fingerprint density at radius 2 is 2.00 bits per heavy atom. The van der Waals surface area contributed by atoms with E-state index in [1.807, 2.05) is 11.7 Å². The largest absolute Gasteiger partial charge is 0.325 e. The molecule has 0 saturated heterocycles. The fraction of sp³-hybridized carbons (Fsp3) is 0.625. The lowest BCUT2D eigenvalue weighted by atomic mass is 10.1. The predicted molar refractivity (Wildman–Crippen MR) is 59.7 cm³/mol. The van der Waals surface area contributed by atoms with Crippen molar-refractivity contribution in [2.45, 2.75) is 26.3 Å². The average molecular weight is 226 g/mol. The van der Waals surface area contributed by atoms with Crippen LogP contribution in [-0.4, -0.2) is 9.78 Å². The van der Waals surface area contributed by atoms with E-state index in [0.717, 1.165) is 11.4 Å². The molecule has 0 aliphatic carbocycles. The van der Waals surface area contributed by atoms with Gasteiger partial charge in [0.15, 0.2) is 0 Å².